The number of nitrogens with zero attached hydrogens (tertiary/aromatic N) is 1. The van der Waals surface area contributed by atoms with Crippen molar-refractivity contribution in [3.05, 3.63) is 23.1 Å². The molecule has 0 amide bonds. The van der Waals surface area contributed by atoms with Crippen molar-refractivity contribution in [1.29, 1.82) is 0 Å². The van der Waals surface area contributed by atoms with E-state index in [1.54, 1.807) is 6.08 Å². The highest BCUT2D eigenvalue weighted by atomic mass is 16.5. The number of rotatable bonds is 3. The highest BCUT2D eigenvalue weighted by molar-refractivity contribution is 5.73. The Morgan fingerprint density at radius 1 is 1.64 bits per heavy atom. The van der Waals surface area contributed by atoms with E-state index in [2.05, 4.69) is 9.58 Å². The maximum absolute atomic E-state index is 10.6. The first-order chi connectivity index (χ1) is 5.16. The lowest BCUT2D eigenvalue weighted by Crippen LogP contribution is -2.06. The first-order valence-corrected chi connectivity index (χ1v) is 3.29. The molecule has 0 saturated heterocycles. The van der Waals surface area contributed by atoms with Crippen molar-refractivity contribution >= 4 is 5.97 Å². The molecular formula is C8H11NO2. The van der Waals surface area contributed by atoms with Crippen LogP contribution in [0.2, 0.25) is 0 Å². The van der Waals surface area contributed by atoms with Gasteiger partial charge in [0.1, 0.15) is 6.61 Å². The van der Waals surface area contributed by atoms with Crippen molar-refractivity contribution in [2.75, 3.05) is 13.2 Å². The fourth-order valence-corrected chi connectivity index (χ4v) is 0.411. The minimum absolute atomic E-state index is 0.184. The molecule has 0 spiro atoms. The third-order valence-corrected chi connectivity index (χ3v) is 0.944. The molecule has 3 heteroatoms. The Morgan fingerprint density at radius 3 is 2.73 bits per heavy atom. The van der Waals surface area contributed by atoms with E-state index in [9.17, 15) is 4.79 Å². The van der Waals surface area contributed by atoms with E-state index < -0.39 is 5.97 Å². The van der Waals surface area contributed by atoms with Crippen LogP contribution >= 0.6 is 0 Å². The Balaban J connectivity index is 3.49. The summed E-state index contributed by atoms with van der Waals surface area (Å²) in [5, 5.41) is 0. The number of esters is 1. The highest BCUT2D eigenvalue weighted by Crippen LogP contribution is 1.89. The SMILES string of the molecule is [C-]#[N+]CC(=O)OCC=C(C)C. The molecule has 0 aromatic rings. The quantitative estimate of drug-likeness (QED) is 0.348. The number of allylic oxidation sites excluding steroid dienone is 1. The van der Waals surface area contributed by atoms with Gasteiger partial charge < -0.3 is 9.58 Å². The Labute approximate surface area is 66.5 Å². The lowest BCUT2D eigenvalue weighted by molar-refractivity contribution is -0.139. The Kier molecular flexibility index (Phi) is 4.83. The predicted octanol–water partition coefficient (Wildman–Crippen LogP) is 1.42. The van der Waals surface area contributed by atoms with E-state index in [1.165, 1.54) is 0 Å². The van der Waals surface area contributed by atoms with E-state index in [-0.39, 0.29) is 13.2 Å². The normalized spacial score (nSPS) is 8.09. The van der Waals surface area contributed by atoms with Crippen LogP contribution in [0.3, 0.4) is 0 Å². The molecule has 11 heavy (non-hydrogen) atoms. The fraction of sp³-hybridized carbons (Fsp3) is 0.500. The van der Waals surface area contributed by atoms with Gasteiger partial charge in [0.25, 0.3) is 0 Å². The summed E-state index contributed by atoms with van der Waals surface area (Å²) in [6.07, 6.45) is 1.79. The zero-order valence-electron chi connectivity index (χ0n) is 6.76. The number of carbonyl (C=O) groups is 1. The van der Waals surface area contributed by atoms with E-state index >= 15 is 0 Å². The molecule has 3 nitrogen and oxygen atoms in total. The van der Waals surface area contributed by atoms with Crippen molar-refractivity contribution < 1.29 is 9.53 Å². The number of carbonyl (C=O) groups excluding carboxylic acids is 1. The van der Waals surface area contributed by atoms with Gasteiger partial charge in [-0.05, 0) is 19.9 Å². The molecule has 0 aromatic carbocycles. The van der Waals surface area contributed by atoms with Gasteiger partial charge in [-0.25, -0.2) is 11.4 Å². The van der Waals surface area contributed by atoms with Gasteiger partial charge in [0, 0.05) is 0 Å². The summed E-state index contributed by atoms with van der Waals surface area (Å²) in [7, 11) is 0. The van der Waals surface area contributed by atoms with Gasteiger partial charge in [0.2, 0.25) is 0 Å². The fourth-order valence-electron chi connectivity index (χ4n) is 0.411. The Morgan fingerprint density at radius 2 is 2.27 bits per heavy atom. The minimum atomic E-state index is -0.461. The first kappa shape index (κ1) is 9.70. The van der Waals surface area contributed by atoms with Crippen molar-refractivity contribution in [3.8, 4) is 0 Å². The van der Waals surface area contributed by atoms with Crippen LogP contribution in [0.1, 0.15) is 13.8 Å². The van der Waals surface area contributed by atoms with Gasteiger partial charge >= 0.3 is 12.5 Å². The van der Waals surface area contributed by atoms with Gasteiger partial charge in [-0.15, -0.1) is 0 Å². The number of hydrogen-bond donors (Lipinski definition) is 0. The van der Waals surface area contributed by atoms with Crippen LogP contribution in [-0.2, 0) is 9.53 Å². The summed E-state index contributed by atoms with van der Waals surface area (Å²) >= 11 is 0. The van der Waals surface area contributed by atoms with E-state index in [4.69, 9.17) is 6.57 Å². The minimum Gasteiger partial charge on any atom is -0.456 e. The molecule has 0 aliphatic carbocycles. The Hall–Kier alpha value is -1.30. The third-order valence-electron chi connectivity index (χ3n) is 0.944. The van der Waals surface area contributed by atoms with Gasteiger partial charge in [-0.3, -0.25) is 0 Å². The van der Waals surface area contributed by atoms with E-state index in [1.807, 2.05) is 13.8 Å². The van der Waals surface area contributed by atoms with Crippen molar-refractivity contribution in [2.45, 2.75) is 13.8 Å². The molecule has 60 valence electrons. The maximum Gasteiger partial charge on any atom is 0.387 e. The molecule has 0 unspecified atom stereocenters. The summed E-state index contributed by atoms with van der Waals surface area (Å²) in [5.41, 5.74) is 1.10. The highest BCUT2D eigenvalue weighted by Gasteiger charge is 2.01. The topological polar surface area (TPSA) is 30.7 Å². The van der Waals surface area contributed by atoms with Gasteiger partial charge in [-0.1, -0.05) is 5.57 Å². The molecular weight excluding hydrogens is 142 g/mol. The zero-order valence-corrected chi connectivity index (χ0v) is 6.76. The van der Waals surface area contributed by atoms with Crippen LogP contribution in [-0.4, -0.2) is 19.1 Å². The second-order valence-electron chi connectivity index (χ2n) is 2.28. The molecule has 0 N–H and O–H groups in total. The van der Waals surface area contributed by atoms with Crippen molar-refractivity contribution in [3.63, 3.8) is 0 Å². The zero-order chi connectivity index (χ0) is 8.69. The average Bonchev–Trinajstić information content (AvgIpc) is 1.87. The van der Waals surface area contributed by atoms with Crippen LogP contribution in [0.25, 0.3) is 4.85 Å². The molecule has 0 bridgehead atoms. The van der Waals surface area contributed by atoms with Gasteiger partial charge in [-0.2, -0.15) is 0 Å². The molecule has 0 saturated carbocycles. The summed E-state index contributed by atoms with van der Waals surface area (Å²) in [4.78, 5) is 13.4. The molecule has 0 fully saturated rings. The van der Waals surface area contributed by atoms with Crippen LogP contribution in [0.5, 0.6) is 0 Å². The Bertz CT molecular complexity index is 197. The van der Waals surface area contributed by atoms with E-state index in [0.29, 0.717) is 0 Å². The second-order valence-corrected chi connectivity index (χ2v) is 2.28. The monoisotopic (exact) mass is 153 g/mol. The van der Waals surface area contributed by atoms with Gasteiger partial charge in [0.05, 0.1) is 0 Å². The number of hydrogen-bond acceptors (Lipinski definition) is 2. The van der Waals surface area contributed by atoms with Crippen molar-refractivity contribution in [1.82, 2.24) is 0 Å². The summed E-state index contributed by atoms with van der Waals surface area (Å²) < 4.78 is 4.66. The first-order valence-electron chi connectivity index (χ1n) is 3.29. The molecule has 0 aliphatic rings. The van der Waals surface area contributed by atoms with E-state index in [0.717, 1.165) is 5.57 Å². The van der Waals surface area contributed by atoms with Crippen molar-refractivity contribution in [2.24, 2.45) is 0 Å². The second kappa shape index (κ2) is 5.48. The van der Waals surface area contributed by atoms with Crippen LogP contribution in [0, 0.1) is 6.57 Å². The lowest BCUT2D eigenvalue weighted by atomic mass is 10.3. The average molecular weight is 153 g/mol. The smallest absolute Gasteiger partial charge is 0.387 e. The molecule has 0 rings (SSSR count). The lowest BCUT2D eigenvalue weighted by Gasteiger charge is -1.95. The summed E-state index contributed by atoms with van der Waals surface area (Å²) in [6, 6.07) is 0. The predicted molar refractivity (Wildman–Crippen MR) is 41.9 cm³/mol. The van der Waals surface area contributed by atoms with Gasteiger partial charge in [0.15, 0.2) is 0 Å². The molecule has 0 heterocycles. The molecule has 0 radical (unpaired) electrons. The summed E-state index contributed by atoms with van der Waals surface area (Å²) in [6.45, 7) is 10.3. The molecule has 0 aliphatic heterocycles. The largest absolute Gasteiger partial charge is 0.456 e. The molecule has 0 aromatic heterocycles. The summed E-state index contributed by atoms with van der Waals surface area (Å²) in [5.74, 6) is -0.461. The number of ether oxygens (including phenoxy) is 1. The molecule has 0 atom stereocenters. The van der Waals surface area contributed by atoms with Crippen LogP contribution in [0.15, 0.2) is 11.6 Å². The standard InChI is InChI=1S/C8H11NO2/c1-7(2)4-5-11-8(10)6-9-3/h4H,5-6H2,1-2H3. The van der Waals surface area contributed by atoms with Crippen LogP contribution < -0.4 is 0 Å². The third kappa shape index (κ3) is 6.59. The van der Waals surface area contributed by atoms with Crippen LogP contribution in [0.4, 0.5) is 0 Å². The maximum atomic E-state index is 10.6.